The van der Waals surface area contributed by atoms with Crippen LogP contribution in [0.25, 0.3) is 10.2 Å². The Morgan fingerprint density at radius 2 is 2.11 bits per heavy atom. The van der Waals surface area contributed by atoms with Crippen LogP contribution >= 0.6 is 11.3 Å². The Labute approximate surface area is 159 Å². The predicted molar refractivity (Wildman–Crippen MR) is 101 cm³/mol. The van der Waals surface area contributed by atoms with E-state index >= 15 is 0 Å². The number of rotatable bonds is 6. The Hall–Kier alpha value is -2.78. The number of thiophene rings is 1. The van der Waals surface area contributed by atoms with Crippen molar-refractivity contribution in [2.24, 2.45) is 0 Å². The average molecular weight is 390 g/mol. The lowest BCUT2D eigenvalue weighted by atomic mass is 10.1. The van der Waals surface area contributed by atoms with Gasteiger partial charge in [0, 0.05) is 19.0 Å². The number of hydrogen-bond acceptors (Lipinski definition) is 7. The average Bonchev–Trinajstić information content (AvgIpc) is 2.99. The molecule has 7 nitrogen and oxygen atoms in total. The highest BCUT2D eigenvalue weighted by molar-refractivity contribution is 7.21. The van der Waals surface area contributed by atoms with Crippen LogP contribution in [0.1, 0.15) is 26.5 Å². The topological polar surface area (TPSA) is 99.4 Å². The number of benzene rings is 1. The standard InChI is InChI=1S/C18H19FN4O3S/c1-9-10(2)22-23-18-14(9)15(20)16(27-18)17(24)21-7-11-4-5-13(12(19)6-11)26-8-25-3/h4-6H,7-8,20H2,1-3H3,(H,21,24). The molecule has 0 unspecified atom stereocenters. The van der Waals surface area contributed by atoms with Crippen LogP contribution in [0.3, 0.4) is 0 Å². The summed E-state index contributed by atoms with van der Waals surface area (Å²) in [5, 5.41) is 11.7. The number of aromatic nitrogens is 2. The predicted octanol–water partition coefficient (Wildman–Crippen LogP) is 2.94. The molecule has 2 heterocycles. The van der Waals surface area contributed by atoms with Crippen LogP contribution in [0, 0.1) is 19.7 Å². The lowest BCUT2D eigenvalue weighted by Crippen LogP contribution is -2.22. The van der Waals surface area contributed by atoms with Crippen molar-refractivity contribution in [1.29, 1.82) is 0 Å². The largest absolute Gasteiger partial charge is 0.464 e. The van der Waals surface area contributed by atoms with Gasteiger partial charge >= 0.3 is 0 Å². The number of carbonyl (C=O) groups is 1. The number of methoxy groups -OCH3 is 1. The van der Waals surface area contributed by atoms with Gasteiger partial charge in [0.15, 0.2) is 18.4 Å². The molecule has 0 aliphatic rings. The number of fused-ring (bicyclic) bond motifs is 1. The Bertz CT molecular complexity index is 1010. The monoisotopic (exact) mass is 390 g/mol. The number of nitrogen functional groups attached to an aromatic ring is 1. The van der Waals surface area contributed by atoms with E-state index in [0.29, 0.717) is 21.0 Å². The molecule has 3 rings (SSSR count). The van der Waals surface area contributed by atoms with E-state index in [9.17, 15) is 9.18 Å². The van der Waals surface area contributed by atoms with Gasteiger partial charge in [-0.15, -0.1) is 16.4 Å². The number of hydrogen-bond donors (Lipinski definition) is 2. The number of halogens is 1. The van der Waals surface area contributed by atoms with Crippen LogP contribution in [0.5, 0.6) is 5.75 Å². The summed E-state index contributed by atoms with van der Waals surface area (Å²) in [6.45, 7) is 3.85. The molecule has 0 aliphatic carbocycles. The lowest BCUT2D eigenvalue weighted by Gasteiger charge is -2.08. The van der Waals surface area contributed by atoms with Crippen LogP contribution in [0.15, 0.2) is 18.2 Å². The van der Waals surface area contributed by atoms with Gasteiger partial charge in [-0.25, -0.2) is 4.39 Å². The summed E-state index contributed by atoms with van der Waals surface area (Å²) >= 11 is 1.19. The second kappa shape index (κ2) is 7.85. The molecule has 27 heavy (non-hydrogen) atoms. The van der Waals surface area contributed by atoms with E-state index in [2.05, 4.69) is 15.5 Å². The number of carbonyl (C=O) groups excluding carboxylic acids is 1. The summed E-state index contributed by atoms with van der Waals surface area (Å²) in [6.07, 6.45) is 0. The first kappa shape index (κ1) is 19.0. The SMILES string of the molecule is COCOc1ccc(CNC(=O)c2sc3nnc(C)c(C)c3c2N)cc1F. The van der Waals surface area contributed by atoms with Crippen LogP contribution in [0.4, 0.5) is 10.1 Å². The molecule has 0 radical (unpaired) electrons. The summed E-state index contributed by atoms with van der Waals surface area (Å²) in [5.74, 6) is -0.778. The molecule has 0 aliphatic heterocycles. The smallest absolute Gasteiger partial charge is 0.263 e. The van der Waals surface area contributed by atoms with E-state index in [1.54, 1.807) is 6.07 Å². The molecule has 2 aromatic heterocycles. The molecule has 142 valence electrons. The Morgan fingerprint density at radius 3 is 2.81 bits per heavy atom. The zero-order chi connectivity index (χ0) is 19.6. The maximum absolute atomic E-state index is 14.0. The van der Waals surface area contributed by atoms with Gasteiger partial charge in [0.05, 0.1) is 11.4 Å². The van der Waals surface area contributed by atoms with Crippen molar-refractivity contribution in [2.45, 2.75) is 20.4 Å². The number of nitrogens with two attached hydrogens (primary N) is 1. The first-order chi connectivity index (χ1) is 12.9. The fraction of sp³-hybridized carbons (Fsp3) is 0.278. The minimum absolute atomic E-state index is 0.0417. The highest BCUT2D eigenvalue weighted by Gasteiger charge is 2.19. The van der Waals surface area contributed by atoms with Gasteiger partial charge < -0.3 is 20.5 Å². The van der Waals surface area contributed by atoms with E-state index in [1.807, 2.05) is 13.8 Å². The first-order valence-corrected chi connectivity index (χ1v) is 8.94. The van der Waals surface area contributed by atoms with E-state index in [0.717, 1.165) is 16.6 Å². The van der Waals surface area contributed by atoms with E-state index in [1.165, 1.54) is 30.6 Å². The molecular weight excluding hydrogens is 371 g/mol. The summed E-state index contributed by atoms with van der Waals surface area (Å²) in [7, 11) is 1.45. The lowest BCUT2D eigenvalue weighted by molar-refractivity contribution is 0.0483. The summed E-state index contributed by atoms with van der Waals surface area (Å²) in [4.78, 5) is 13.5. The molecule has 0 fully saturated rings. The fourth-order valence-electron chi connectivity index (χ4n) is 2.57. The highest BCUT2D eigenvalue weighted by atomic mass is 32.1. The summed E-state index contributed by atoms with van der Waals surface area (Å²) < 4.78 is 23.8. The van der Waals surface area contributed by atoms with Gasteiger partial charge in [-0.2, -0.15) is 5.10 Å². The maximum atomic E-state index is 14.0. The molecule has 1 aromatic carbocycles. The van der Waals surface area contributed by atoms with E-state index in [-0.39, 0.29) is 25.0 Å². The molecule has 0 spiro atoms. The van der Waals surface area contributed by atoms with Crippen LogP contribution in [-0.4, -0.2) is 30.0 Å². The zero-order valence-electron chi connectivity index (χ0n) is 15.1. The molecule has 0 bridgehead atoms. The van der Waals surface area contributed by atoms with Crippen molar-refractivity contribution < 1.29 is 18.7 Å². The molecule has 0 saturated carbocycles. The maximum Gasteiger partial charge on any atom is 0.263 e. The van der Waals surface area contributed by atoms with Gasteiger partial charge in [0.1, 0.15) is 9.71 Å². The van der Waals surface area contributed by atoms with Crippen molar-refractivity contribution in [3.8, 4) is 5.75 Å². The zero-order valence-corrected chi connectivity index (χ0v) is 15.9. The van der Waals surface area contributed by atoms with Gasteiger partial charge in [0.25, 0.3) is 5.91 Å². The number of nitrogens with zero attached hydrogens (tertiary/aromatic N) is 2. The summed E-state index contributed by atoms with van der Waals surface area (Å²) in [6, 6.07) is 4.46. The molecular formula is C18H19FN4O3S. The van der Waals surface area contributed by atoms with Crippen LogP contribution < -0.4 is 15.8 Å². The van der Waals surface area contributed by atoms with Crippen molar-refractivity contribution in [1.82, 2.24) is 15.5 Å². The highest BCUT2D eigenvalue weighted by Crippen LogP contribution is 2.34. The fourth-order valence-corrected chi connectivity index (χ4v) is 3.58. The van der Waals surface area contributed by atoms with E-state index in [4.69, 9.17) is 15.2 Å². The molecule has 3 N–H and O–H groups in total. The second-order valence-corrected chi connectivity index (χ2v) is 6.93. The quantitative estimate of drug-likeness (QED) is 0.628. The minimum Gasteiger partial charge on any atom is -0.464 e. The molecule has 9 heteroatoms. The van der Waals surface area contributed by atoms with E-state index < -0.39 is 5.82 Å². The minimum atomic E-state index is -0.526. The van der Waals surface area contributed by atoms with Crippen molar-refractivity contribution in [3.05, 3.63) is 45.7 Å². The third kappa shape index (κ3) is 3.83. The number of anilines is 1. The number of amides is 1. The molecule has 0 atom stereocenters. The van der Waals surface area contributed by atoms with Gasteiger partial charge in [-0.1, -0.05) is 6.07 Å². The molecule has 3 aromatic rings. The number of ether oxygens (including phenoxy) is 2. The van der Waals surface area contributed by atoms with Crippen molar-refractivity contribution in [3.63, 3.8) is 0 Å². The third-order valence-electron chi connectivity index (χ3n) is 4.12. The van der Waals surface area contributed by atoms with Gasteiger partial charge in [-0.3, -0.25) is 4.79 Å². The van der Waals surface area contributed by atoms with Gasteiger partial charge in [-0.05, 0) is 37.1 Å². The van der Waals surface area contributed by atoms with Crippen molar-refractivity contribution in [2.75, 3.05) is 19.6 Å². The third-order valence-corrected chi connectivity index (χ3v) is 5.21. The Morgan fingerprint density at radius 1 is 1.33 bits per heavy atom. The first-order valence-electron chi connectivity index (χ1n) is 8.12. The van der Waals surface area contributed by atoms with Crippen LogP contribution in [-0.2, 0) is 11.3 Å². The molecule has 0 saturated heterocycles. The van der Waals surface area contributed by atoms with Crippen molar-refractivity contribution >= 4 is 33.1 Å². The summed E-state index contributed by atoms with van der Waals surface area (Å²) in [5.41, 5.74) is 8.82. The van der Waals surface area contributed by atoms with Crippen LogP contribution in [0.2, 0.25) is 0 Å². The molecule has 1 amide bonds. The normalized spacial score (nSPS) is 11.0. The number of nitrogens with one attached hydrogen (secondary N) is 1. The Kier molecular flexibility index (Phi) is 5.52. The number of aryl methyl sites for hydroxylation is 2. The van der Waals surface area contributed by atoms with Gasteiger partial charge in [0.2, 0.25) is 0 Å². The Balaban J connectivity index is 1.75. The second-order valence-electron chi connectivity index (χ2n) is 5.93.